The summed E-state index contributed by atoms with van der Waals surface area (Å²) in [6, 6.07) is 19.7. The molecule has 0 saturated carbocycles. The molecule has 6 rings (SSSR count). The van der Waals surface area contributed by atoms with Crippen molar-refractivity contribution in [2.45, 2.75) is 59.9 Å². The fraction of sp³-hybridized carbons (Fsp3) is 0.333. The Balaban J connectivity index is 0.971. The summed E-state index contributed by atoms with van der Waals surface area (Å²) in [6.45, 7) is 11.3. The number of nitrogens with zero attached hydrogens (tertiary/aromatic N) is 3. The lowest BCUT2D eigenvalue weighted by Crippen LogP contribution is -2.37. The average molecular weight is 872 g/mol. The predicted molar refractivity (Wildman–Crippen MR) is 248 cm³/mol. The maximum atomic E-state index is 13.5. The van der Waals surface area contributed by atoms with Crippen LogP contribution in [0.2, 0.25) is 0 Å². The van der Waals surface area contributed by atoms with Gasteiger partial charge in [-0.2, -0.15) is 5.10 Å². The molecule has 16 nitrogen and oxygen atoms in total. The molecule has 0 saturated heterocycles. The van der Waals surface area contributed by atoms with Crippen molar-refractivity contribution in [1.29, 1.82) is 0 Å². The van der Waals surface area contributed by atoms with Crippen molar-refractivity contribution in [2.75, 3.05) is 62.4 Å². The van der Waals surface area contributed by atoms with Gasteiger partial charge in [0.25, 0.3) is 11.8 Å². The highest BCUT2D eigenvalue weighted by Crippen LogP contribution is 2.36. The van der Waals surface area contributed by atoms with Crippen molar-refractivity contribution in [3.05, 3.63) is 113 Å². The highest BCUT2D eigenvalue weighted by molar-refractivity contribution is 6.35. The van der Waals surface area contributed by atoms with Gasteiger partial charge in [0.1, 0.15) is 12.4 Å². The molecule has 1 aliphatic heterocycles. The highest BCUT2D eigenvalue weighted by Gasteiger charge is 2.26. The molecule has 5 amide bonds. The number of carbonyl (C=O) groups is 5. The molecule has 6 N–H and O–H groups in total. The van der Waals surface area contributed by atoms with E-state index in [4.69, 9.17) is 9.47 Å². The zero-order valence-electron chi connectivity index (χ0n) is 37.1. The summed E-state index contributed by atoms with van der Waals surface area (Å²) in [6.07, 6.45) is 6.39. The number of rotatable bonds is 21. The smallest absolute Gasteiger partial charge is 0.322 e. The second-order valence-electron chi connectivity index (χ2n) is 15.5. The van der Waals surface area contributed by atoms with E-state index in [9.17, 15) is 24.0 Å². The number of ether oxygens (including phenoxy) is 2. The number of nitrogens with one attached hydrogen (secondary N) is 6. The predicted octanol–water partition coefficient (Wildman–Crippen LogP) is 7.37. The quantitative estimate of drug-likeness (QED) is 0.0247. The molecule has 0 bridgehead atoms. The van der Waals surface area contributed by atoms with E-state index in [0.29, 0.717) is 70.3 Å². The van der Waals surface area contributed by atoms with Crippen molar-refractivity contribution in [2.24, 2.45) is 0 Å². The molecule has 0 atom stereocenters. The number of unbranched alkanes of at least 4 members (excludes halogenated alkanes) is 1. The van der Waals surface area contributed by atoms with E-state index in [2.05, 4.69) is 55.2 Å². The van der Waals surface area contributed by atoms with Crippen molar-refractivity contribution in [1.82, 2.24) is 30.3 Å². The zero-order valence-corrected chi connectivity index (χ0v) is 37.1. The van der Waals surface area contributed by atoms with E-state index < -0.39 is 5.97 Å². The Morgan fingerprint density at radius 2 is 1.64 bits per heavy atom. The molecular weight excluding hydrogens is 815 g/mol. The minimum absolute atomic E-state index is 0.0149. The number of methoxy groups -OCH3 is 1. The lowest BCUT2D eigenvalue weighted by atomic mass is 10.0. The molecule has 1 aliphatic rings. The number of H-pyrrole nitrogens is 2. The largest absolute Gasteiger partial charge is 0.497 e. The molecule has 0 fully saturated rings. The number of hydrogen-bond acceptors (Lipinski definition) is 9. The fourth-order valence-electron chi connectivity index (χ4n) is 7.49. The summed E-state index contributed by atoms with van der Waals surface area (Å²) in [4.78, 5) is 72.5. The number of aromatic amines is 2. The summed E-state index contributed by atoms with van der Waals surface area (Å²) in [5, 5.41) is 18.5. The number of amides is 5. The Kier molecular flexibility index (Phi) is 16.1. The lowest BCUT2D eigenvalue weighted by Gasteiger charge is -2.23. The maximum absolute atomic E-state index is 13.5. The van der Waals surface area contributed by atoms with Crippen LogP contribution in [0.15, 0.2) is 79.1 Å². The van der Waals surface area contributed by atoms with Crippen LogP contribution in [-0.2, 0) is 25.7 Å². The number of likely N-dealkylation sites (N-methyl/N-ethyl adjacent to an activating group) is 1. The van der Waals surface area contributed by atoms with Crippen LogP contribution < -0.4 is 26.0 Å². The third kappa shape index (κ3) is 12.2. The van der Waals surface area contributed by atoms with Crippen LogP contribution in [0.4, 0.5) is 21.9 Å². The van der Waals surface area contributed by atoms with Gasteiger partial charge in [-0.05, 0) is 105 Å². The van der Waals surface area contributed by atoms with Gasteiger partial charge in [-0.15, -0.1) is 0 Å². The number of fused-ring (bicyclic) bond motifs is 1. The molecule has 16 heteroatoms. The lowest BCUT2D eigenvalue weighted by molar-refractivity contribution is -0.144. The minimum atomic E-state index is -0.428. The second kappa shape index (κ2) is 22.2. The Morgan fingerprint density at radius 3 is 2.38 bits per heavy atom. The number of aromatic nitrogens is 3. The Morgan fingerprint density at radius 1 is 0.875 bits per heavy atom. The van der Waals surface area contributed by atoms with Gasteiger partial charge < -0.3 is 45.5 Å². The van der Waals surface area contributed by atoms with Crippen molar-refractivity contribution < 1.29 is 33.4 Å². The SMILES string of the molecule is CCN(CC)CCNC(=O)c1c(C)[nH]c(/C=C2\C(=O)Nc3ccc(NC(=O)CCCCC(=O)OCCN(Cc4cccc(OC)c4)C(=O)Nc4ccc(-c5cn[nH]c5)cc4)cc32)c1C. The van der Waals surface area contributed by atoms with Crippen LogP contribution in [-0.4, -0.2) is 101 Å². The van der Waals surface area contributed by atoms with Gasteiger partial charge in [0.05, 0.1) is 31.0 Å². The Hall–Kier alpha value is -7.20. The minimum Gasteiger partial charge on any atom is -0.497 e. The van der Waals surface area contributed by atoms with Crippen molar-refractivity contribution >= 4 is 58.4 Å². The molecule has 0 spiro atoms. The normalized spacial score (nSPS) is 12.5. The first kappa shape index (κ1) is 46.3. The molecule has 5 aromatic rings. The van der Waals surface area contributed by atoms with Gasteiger partial charge in [-0.25, -0.2) is 4.79 Å². The molecule has 0 aliphatic carbocycles. The van der Waals surface area contributed by atoms with Gasteiger partial charge in [0.2, 0.25) is 5.91 Å². The van der Waals surface area contributed by atoms with Gasteiger partial charge in [-0.3, -0.25) is 24.3 Å². The number of anilines is 3. The van der Waals surface area contributed by atoms with Crippen molar-refractivity contribution in [3.8, 4) is 16.9 Å². The number of hydrogen-bond donors (Lipinski definition) is 6. The van der Waals surface area contributed by atoms with Crippen LogP contribution in [0.3, 0.4) is 0 Å². The molecule has 3 aromatic carbocycles. The molecule has 336 valence electrons. The second-order valence-corrected chi connectivity index (χ2v) is 15.5. The highest BCUT2D eigenvalue weighted by atomic mass is 16.5. The monoisotopic (exact) mass is 871 g/mol. The molecule has 2 aromatic heterocycles. The number of urea groups is 1. The summed E-state index contributed by atoms with van der Waals surface area (Å²) in [7, 11) is 1.58. The molecule has 64 heavy (non-hydrogen) atoms. The first-order chi connectivity index (χ1) is 31.0. The molecule has 3 heterocycles. The standard InChI is InChI=1S/C48H57N9O7/c1-6-56(7-2)22-21-49-47(61)45-31(3)42(52-32(45)4)27-40-39-26-37(19-20-41(39)55-46(40)60)53-43(58)13-8-9-14-44(59)64-24-23-57(30-33-11-10-12-38(25-33)63-5)48(62)54-36-17-15-34(16-18-36)35-28-50-51-29-35/h10-12,15-20,25-29,52H,6-9,13-14,21-24,30H2,1-5H3,(H,49,61)(H,50,51)(H,53,58)(H,54,62)(H,55,60)/b40-27-. The van der Waals surface area contributed by atoms with E-state index in [0.717, 1.165) is 41.9 Å². The fourth-order valence-corrected chi connectivity index (χ4v) is 7.49. The molecule has 0 unspecified atom stereocenters. The van der Waals surface area contributed by atoms with Gasteiger partial charge in [-0.1, -0.05) is 38.1 Å². The van der Waals surface area contributed by atoms with E-state index in [1.54, 1.807) is 48.7 Å². The molecular formula is C48H57N9O7. The first-order valence-electron chi connectivity index (χ1n) is 21.6. The Labute approximate surface area is 373 Å². The summed E-state index contributed by atoms with van der Waals surface area (Å²) in [5.41, 5.74) is 8.14. The number of aryl methyl sites for hydroxylation is 1. The Bertz CT molecular complexity index is 2460. The third-order valence-electron chi connectivity index (χ3n) is 11.1. The van der Waals surface area contributed by atoms with Crippen molar-refractivity contribution in [3.63, 3.8) is 0 Å². The number of esters is 1. The van der Waals surface area contributed by atoms with Crippen LogP contribution in [0, 0.1) is 13.8 Å². The van der Waals surface area contributed by atoms with E-state index in [1.165, 1.54) is 0 Å². The van der Waals surface area contributed by atoms with E-state index in [-0.39, 0.29) is 56.3 Å². The zero-order chi connectivity index (χ0) is 45.6. The van der Waals surface area contributed by atoms with Crippen LogP contribution in [0.5, 0.6) is 5.75 Å². The van der Waals surface area contributed by atoms with Gasteiger partial charge in [0, 0.05) is 78.2 Å². The van der Waals surface area contributed by atoms with Gasteiger partial charge in [0.15, 0.2) is 0 Å². The third-order valence-corrected chi connectivity index (χ3v) is 11.1. The van der Waals surface area contributed by atoms with Crippen LogP contribution >= 0.6 is 0 Å². The van der Waals surface area contributed by atoms with Gasteiger partial charge >= 0.3 is 12.0 Å². The van der Waals surface area contributed by atoms with E-state index >= 15 is 0 Å². The number of benzene rings is 3. The van der Waals surface area contributed by atoms with Crippen LogP contribution in [0.1, 0.15) is 78.0 Å². The first-order valence-corrected chi connectivity index (χ1v) is 21.6. The van der Waals surface area contributed by atoms with Crippen LogP contribution in [0.25, 0.3) is 22.8 Å². The molecule has 0 radical (unpaired) electrons. The summed E-state index contributed by atoms with van der Waals surface area (Å²) >= 11 is 0. The average Bonchev–Trinajstić information content (AvgIpc) is 4.01. The maximum Gasteiger partial charge on any atom is 0.322 e. The van der Waals surface area contributed by atoms with E-state index in [1.807, 2.05) is 62.4 Å². The number of carbonyl (C=O) groups excluding carboxylic acids is 5. The topological polar surface area (TPSA) is 203 Å². The summed E-state index contributed by atoms with van der Waals surface area (Å²) in [5.74, 6) is -0.464. The summed E-state index contributed by atoms with van der Waals surface area (Å²) < 4.78 is 10.9.